The molecule has 2 aromatic heterocycles. The quantitative estimate of drug-likeness (QED) is 0.900. The minimum atomic E-state index is 0.636. The smallest absolute Gasteiger partial charge is 0.213 e. The Labute approximate surface area is 111 Å². The first-order valence-corrected chi connectivity index (χ1v) is 6.76. The number of aromatic nitrogens is 2. The van der Waals surface area contributed by atoms with E-state index in [0.29, 0.717) is 12.5 Å². The van der Waals surface area contributed by atoms with Crippen LogP contribution < -0.4 is 10.1 Å². The van der Waals surface area contributed by atoms with Crippen LogP contribution in [0, 0.1) is 13.8 Å². The summed E-state index contributed by atoms with van der Waals surface area (Å²) in [5, 5.41) is 4.40. The summed E-state index contributed by atoms with van der Waals surface area (Å²) in [7, 11) is 0. The first kappa shape index (κ1) is 12.8. The van der Waals surface area contributed by atoms with E-state index in [0.717, 1.165) is 22.9 Å². The molecule has 0 unspecified atom stereocenters. The molecule has 4 nitrogen and oxygen atoms in total. The Balaban J connectivity index is 1.93. The molecule has 2 aromatic rings. The number of rotatable bonds is 5. The zero-order chi connectivity index (χ0) is 13.0. The van der Waals surface area contributed by atoms with Crippen LogP contribution in [0.3, 0.4) is 0 Å². The van der Waals surface area contributed by atoms with Gasteiger partial charge in [0.1, 0.15) is 5.01 Å². The highest BCUT2D eigenvalue weighted by atomic mass is 32.1. The predicted octanol–water partition coefficient (Wildman–Crippen LogP) is 3.17. The lowest BCUT2D eigenvalue weighted by molar-refractivity contribution is 0.327. The highest BCUT2D eigenvalue weighted by molar-refractivity contribution is 7.11. The van der Waals surface area contributed by atoms with E-state index in [1.54, 1.807) is 17.5 Å². The van der Waals surface area contributed by atoms with Gasteiger partial charge in [-0.2, -0.15) is 0 Å². The molecule has 0 aliphatic carbocycles. The van der Waals surface area contributed by atoms with E-state index in [9.17, 15) is 0 Å². The van der Waals surface area contributed by atoms with Crippen LogP contribution in [0.2, 0.25) is 0 Å². The Bertz CT molecular complexity index is 488. The molecular weight excluding hydrogens is 246 g/mol. The molecule has 0 amide bonds. The molecular formula is C13H17N3OS. The van der Waals surface area contributed by atoms with E-state index in [4.69, 9.17) is 4.74 Å². The summed E-state index contributed by atoms with van der Waals surface area (Å²) in [5.41, 5.74) is 2.09. The third-order valence-electron chi connectivity index (χ3n) is 2.55. The Morgan fingerprint density at radius 1 is 1.33 bits per heavy atom. The van der Waals surface area contributed by atoms with Crippen molar-refractivity contribution in [1.29, 1.82) is 0 Å². The zero-order valence-electron chi connectivity index (χ0n) is 10.9. The molecule has 1 N–H and O–H groups in total. The number of nitrogens with zero attached hydrogens (tertiary/aromatic N) is 2. The molecule has 96 valence electrons. The lowest BCUT2D eigenvalue weighted by atomic mass is 10.4. The van der Waals surface area contributed by atoms with Crippen molar-refractivity contribution in [1.82, 2.24) is 9.97 Å². The Kier molecular flexibility index (Phi) is 4.15. The Hall–Kier alpha value is -1.62. The van der Waals surface area contributed by atoms with Gasteiger partial charge < -0.3 is 10.1 Å². The summed E-state index contributed by atoms with van der Waals surface area (Å²) in [4.78, 5) is 9.96. The van der Waals surface area contributed by atoms with Crippen molar-refractivity contribution in [2.24, 2.45) is 0 Å². The topological polar surface area (TPSA) is 47.0 Å². The second-order valence-corrected chi connectivity index (χ2v) is 5.21. The van der Waals surface area contributed by atoms with Gasteiger partial charge in [0.05, 0.1) is 30.7 Å². The van der Waals surface area contributed by atoms with Crippen molar-refractivity contribution >= 4 is 17.0 Å². The molecule has 0 bridgehead atoms. The predicted molar refractivity (Wildman–Crippen MR) is 74.3 cm³/mol. The zero-order valence-corrected chi connectivity index (χ0v) is 11.7. The van der Waals surface area contributed by atoms with Crippen LogP contribution in [0.5, 0.6) is 5.88 Å². The number of nitrogens with one attached hydrogen (secondary N) is 1. The highest BCUT2D eigenvalue weighted by Gasteiger charge is 2.03. The van der Waals surface area contributed by atoms with Crippen molar-refractivity contribution in [2.45, 2.75) is 27.3 Å². The summed E-state index contributed by atoms with van der Waals surface area (Å²) in [6.07, 6.45) is 1.78. The molecule has 0 atom stereocenters. The van der Waals surface area contributed by atoms with Crippen molar-refractivity contribution in [3.8, 4) is 5.88 Å². The van der Waals surface area contributed by atoms with Gasteiger partial charge in [0.2, 0.25) is 5.88 Å². The van der Waals surface area contributed by atoms with Crippen molar-refractivity contribution in [2.75, 3.05) is 11.9 Å². The summed E-state index contributed by atoms with van der Waals surface area (Å²) in [6.45, 7) is 7.44. The maximum Gasteiger partial charge on any atom is 0.213 e. The normalized spacial score (nSPS) is 10.4. The lowest BCUT2D eigenvalue weighted by Gasteiger charge is -2.05. The monoisotopic (exact) mass is 263 g/mol. The van der Waals surface area contributed by atoms with Gasteiger partial charge in [-0.15, -0.1) is 11.3 Å². The molecule has 0 radical (unpaired) electrons. The third-order valence-corrected chi connectivity index (χ3v) is 3.62. The van der Waals surface area contributed by atoms with E-state index in [1.165, 1.54) is 4.88 Å². The molecule has 0 aromatic carbocycles. The third kappa shape index (κ3) is 3.20. The Morgan fingerprint density at radius 3 is 2.72 bits per heavy atom. The number of thiazole rings is 1. The number of ether oxygens (including phenoxy) is 1. The minimum Gasteiger partial charge on any atom is -0.478 e. The Morgan fingerprint density at radius 2 is 2.17 bits per heavy atom. The van der Waals surface area contributed by atoms with Gasteiger partial charge in [0.15, 0.2) is 0 Å². The van der Waals surface area contributed by atoms with Gasteiger partial charge in [0, 0.05) is 10.9 Å². The van der Waals surface area contributed by atoms with Crippen molar-refractivity contribution < 1.29 is 4.74 Å². The van der Waals surface area contributed by atoms with Gasteiger partial charge in [-0.3, -0.25) is 0 Å². The number of aryl methyl sites for hydroxylation is 2. The summed E-state index contributed by atoms with van der Waals surface area (Å²) in [5.74, 6) is 0.656. The van der Waals surface area contributed by atoms with Crippen LogP contribution >= 0.6 is 11.3 Å². The maximum atomic E-state index is 5.29. The molecule has 5 heteroatoms. The summed E-state index contributed by atoms with van der Waals surface area (Å²) >= 11 is 1.73. The van der Waals surface area contributed by atoms with Crippen LogP contribution in [-0.2, 0) is 6.54 Å². The average molecular weight is 263 g/mol. The number of hydrogen-bond donors (Lipinski definition) is 1. The van der Waals surface area contributed by atoms with Gasteiger partial charge in [-0.1, -0.05) is 0 Å². The number of pyridine rings is 1. The molecule has 2 heterocycles. The first-order valence-electron chi connectivity index (χ1n) is 5.94. The summed E-state index contributed by atoms with van der Waals surface area (Å²) < 4.78 is 5.29. The fourth-order valence-corrected chi connectivity index (χ4v) is 2.38. The van der Waals surface area contributed by atoms with E-state index in [2.05, 4.69) is 22.2 Å². The van der Waals surface area contributed by atoms with Crippen LogP contribution in [0.25, 0.3) is 0 Å². The van der Waals surface area contributed by atoms with Crippen LogP contribution in [0.15, 0.2) is 18.3 Å². The van der Waals surface area contributed by atoms with E-state index >= 15 is 0 Å². The molecule has 0 saturated carbocycles. The van der Waals surface area contributed by atoms with E-state index in [-0.39, 0.29) is 0 Å². The SMILES string of the molecule is CCOc1ccc(NCc2nc(C)c(C)s2)cn1. The molecule has 0 fully saturated rings. The molecule has 0 spiro atoms. The average Bonchev–Trinajstić information content (AvgIpc) is 2.68. The van der Waals surface area contributed by atoms with Gasteiger partial charge in [0.25, 0.3) is 0 Å². The molecule has 0 aliphatic heterocycles. The van der Waals surface area contributed by atoms with Crippen LogP contribution in [0.4, 0.5) is 5.69 Å². The number of anilines is 1. The standard InChI is InChI=1S/C13H17N3OS/c1-4-17-12-6-5-11(7-15-12)14-8-13-16-9(2)10(3)18-13/h5-7,14H,4,8H2,1-3H3. The van der Waals surface area contributed by atoms with E-state index in [1.807, 2.05) is 26.0 Å². The second-order valence-electron chi connectivity index (χ2n) is 3.92. The molecule has 0 saturated heterocycles. The minimum absolute atomic E-state index is 0.636. The molecule has 18 heavy (non-hydrogen) atoms. The van der Waals surface area contributed by atoms with Gasteiger partial charge in [-0.05, 0) is 26.8 Å². The fourth-order valence-electron chi connectivity index (χ4n) is 1.51. The van der Waals surface area contributed by atoms with Crippen LogP contribution in [0.1, 0.15) is 22.5 Å². The van der Waals surface area contributed by atoms with E-state index < -0.39 is 0 Å². The van der Waals surface area contributed by atoms with Crippen molar-refractivity contribution in [3.63, 3.8) is 0 Å². The molecule has 0 aliphatic rings. The lowest BCUT2D eigenvalue weighted by Crippen LogP contribution is -2.00. The fraction of sp³-hybridized carbons (Fsp3) is 0.385. The molecule has 2 rings (SSSR count). The summed E-state index contributed by atoms with van der Waals surface area (Å²) in [6, 6.07) is 3.83. The van der Waals surface area contributed by atoms with Gasteiger partial charge >= 0.3 is 0 Å². The maximum absolute atomic E-state index is 5.29. The van der Waals surface area contributed by atoms with Gasteiger partial charge in [-0.25, -0.2) is 9.97 Å². The highest BCUT2D eigenvalue weighted by Crippen LogP contribution is 2.18. The number of hydrogen-bond acceptors (Lipinski definition) is 5. The largest absolute Gasteiger partial charge is 0.478 e. The van der Waals surface area contributed by atoms with Crippen LogP contribution in [-0.4, -0.2) is 16.6 Å². The van der Waals surface area contributed by atoms with Crippen molar-refractivity contribution in [3.05, 3.63) is 33.9 Å². The first-order chi connectivity index (χ1) is 8.69. The second kappa shape index (κ2) is 5.82.